The van der Waals surface area contributed by atoms with E-state index in [2.05, 4.69) is 25.0 Å². The minimum Gasteiger partial charge on any atom is -0.478 e. The van der Waals surface area contributed by atoms with Gasteiger partial charge in [0.15, 0.2) is 11.6 Å². The van der Waals surface area contributed by atoms with Crippen LogP contribution in [0.4, 0.5) is 5.82 Å². The topological polar surface area (TPSA) is 86.4 Å². The van der Waals surface area contributed by atoms with E-state index in [-0.39, 0.29) is 5.92 Å². The van der Waals surface area contributed by atoms with E-state index in [1.165, 1.54) is 0 Å². The van der Waals surface area contributed by atoms with Gasteiger partial charge in [0.2, 0.25) is 5.89 Å². The first-order valence-corrected chi connectivity index (χ1v) is 7.73. The maximum atomic E-state index is 5.43. The van der Waals surface area contributed by atoms with Crippen LogP contribution in [0, 0.1) is 0 Å². The molecule has 0 saturated carbocycles. The molecule has 124 valence electrons. The Morgan fingerprint density at radius 1 is 1.30 bits per heavy atom. The smallest absolute Gasteiger partial charge is 0.257 e. The van der Waals surface area contributed by atoms with Crippen LogP contribution in [-0.4, -0.2) is 54.0 Å². The normalized spacial score (nSPS) is 18.2. The third-order valence-corrected chi connectivity index (χ3v) is 3.92. The Labute approximate surface area is 134 Å². The Kier molecular flexibility index (Phi) is 5.02. The van der Waals surface area contributed by atoms with E-state index < -0.39 is 0 Å². The number of hydrogen-bond donors (Lipinski definition) is 0. The molecule has 2 aromatic heterocycles. The van der Waals surface area contributed by atoms with Gasteiger partial charge >= 0.3 is 0 Å². The molecule has 1 atom stereocenters. The lowest BCUT2D eigenvalue weighted by atomic mass is 9.98. The van der Waals surface area contributed by atoms with E-state index in [4.69, 9.17) is 14.0 Å². The van der Waals surface area contributed by atoms with Crippen LogP contribution >= 0.6 is 0 Å². The molecule has 0 aliphatic carbocycles. The predicted molar refractivity (Wildman–Crippen MR) is 82.7 cm³/mol. The first-order valence-electron chi connectivity index (χ1n) is 7.73. The number of nitrogens with zero attached hydrogens (tertiary/aromatic N) is 5. The van der Waals surface area contributed by atoms with Crippen molar-refractivity contribution < 1.29 is 14.0 Å². The Morgan fingerprint density at radius 3 is 3.00 bits per heavy atom. The summed E-state index contributed by atoms with van der Waals surface area (Å²) in [5.41, 5.74) is 0. The number of anilines is 1. The van der Waals surface area contributed by atoms with Crippen molar-refractivity contribution in [1.29, 1.82) is 0 Å². The summed E-state index contributed by atoms with van der Waals surface area (Å²) in [6, 6.07) is 0. The van der Waals surface area contributed by atoms with Gasteiger partial charge in [-0.3, -0.25) is 0 Å². The molecule has 3 heterocycles. The largest absolute Gasteiger partial charge is 0.478 e. The van der Waals surface area contributed by atoms with Gasteiger partial charge in [-0.1, -0.05) is 5.16 Å². The summed E-state index contributed by atoms with van der Waals surface area (Å²) < 4.78 is 15.8. The summed E-state index contributed by atoms with van der Waals surface area (Å²) in [7, 11) is 3.27. The van der Waals surface area contributed by atoms with E-state index >= 15 is 0 Å². The molecule has 1 fully saturated rings. The van der Waals surface area contributed by atoms with Crippen molar-refractivity contribution in [2.75, 3.05) is 38.8 Å². The van der Waals surface area contributed by atoms with Crippen molar-refractivity contribution >= 4 is 5.82 Å². The molecule has 0 bridgehead atoms. The van der Waals surface area contributed by atoms with Gasteiger partial charge in [-0.15, -0.1) is 0 Å². The van der Waals surface area contributed by atoms with E-state index in [1.54, 1.807) is 26.6 Å². The minimum atomic E-state index is 0.194. The molecule has 0 N–H and O–H groups in total. The summed E-state index contributed by atoms with van der Waals surface area (Å²) in [5.74, 6) is 2.87. The van der Waals surface area contributed by atoms with Crippen molar-refractivity contribution in [3.8, 4) is 5.88 Å². The molecule has 0 amide bonds. The molecule has 1 aliphatic heterocycles. The van der Waals surface area contributed by atoms with Gasteiger partial charge < -0.3 is 18.9 Å². The average molecular weight is 319 g/mol. The first kappa shape index (κ1) is 15.7. The molecule has 1 saturated heterocycles. The van der Waals surface area contributed by atoms with E-state index in [0.29, 0.717) is 30.6 Å². The second kappa shape index (κ2) is 7.36. The fraction of sp³-hybridized carbons (Fsp3) is 0.600. The lowest BCUT2D eigenvalue weighted by Crippen LogP contribution is -2.35. The van der Waals surface area contributed by atoms with Crippen molar-refractivity contribution in [3.05, 3.63) is 24.1 Å². The standard InChI is InChI=1S/C15H21N5O3/c1-21-9-5-12-18-14(23-19-12)11-4-3-8-20(10-11)13-15(22-2)17-7-6-16-13/h6-7,11H,3-5,8-10H2,1-2H3/t11-/m1/s1. The van der Waals surface area contributed by atoms with Crippen LogP contribution in [0.2, 0.25) is 0 Å². The maximum absolute atomic E-state index is 5.43. The molecule has 8 heteroatoms. The molecule has 0 aromatic carbocycles. The summed E-state index contributed by atoms with van der Waals surface area (Å²) in [4.78, 5) is 15.3. The highest BCUT2D eigenvalue weighted by Crippen LogP contribution is 2.31. The lowest BCUT2D eigenvalue weighted by Gasteiger charge is -2.32. The second-order valence-electron chi connectivity index (χ2n) is 5.47. The van der Waals surface area contributed by atoms with Crippen LogP contribution in [0.15, 0.2) is 16.9 Å². The summed E-state index contributed by atoms with van der Waals surface area (Å²) in [5, 5.41) is 4.02. The Morgan fingerprint density at radius 2 is 2.17 bits per heavy atom. The monoisotopic (exact) mass is 319 g/mol. The van der Waals surface area contributed by atoms with Gasteiger partial charge in [0.1, 0.15) is 0 Å². The molecular weight excluding hydrogens is 298 g/mol. The van der Waals surface area contributed by atoms with E-state index in [1.807, 2.05) is 0 Å². The number of piperidine rings is 1. The van der Waals surface area contributed by atoms with Crippen LogP contribution in [0.1, 0.15) is 30.5 Å². The number of aromatic nitrogens is 4. The first-order chi connectivity index (χ1) is 11.3. The van der Waals surface area contributed by atoms with Crippen molar-refractivity contribution in [2.24, 2.45) is 0 Å². The molecule has 2 aromatic rings. The van der Waals surface area contributed by atoms with Gasteiger partial charge in [-0.2, -0.15) is 4.98 Å². The lowest BCUT2D eigenvalue weighted by molar-refractivity contribution is 0.199. The van der Waals surface area contributed by atoms with Crippen LogP contribution in [0.3, 0.4) is 0 Å². The SMILES string of the molecule is COCCc1noc([C@@H]2CCCN(c3nccnc3OC)C2)n1. The highest BCUT2D eigenvalue weighted by atomic mass is 16.5. The fourth-order valence-corrected chi connectivity index (χ4v) is 2.78. The van der Waals surface area contributed by atoms with Crippen molar-refractivity contribution in [2.45, 2.75) is 25.2 Å². The molecule has 1 aliphatic rings. The molecule has 23 heavy (non-hydrogen) atoms. The Balaban J connectivity index is 1.72. The van der Waals surface area contributed by atoms with Gasteiger partial charge in [-0.25, -0.2) is 9.97 Å². The van der Waals surface area contributed by atoms with Gasteiger partial charge in [0.25, 0.3) is 5.88 Å². The predicted octanol–water partition coefficient (Wildman–Crippen LogP) is 1.44. The molecule has 8 nitrogen and oxygen atoms in total. The molecule has 0 unspecified atom stereocenters. The third-order valence-electron chi connectivity index (χ3n) is 3.92. The average Bonchev–Trinajstić information content (AvgIpc) is 3.09. The number of hydrogen-bond acceptors (Lipinski definition) is 8. The van der Waals surface area contributed by atoms with E-state index in [0.717, 1.165) is 31.7 Å². The summed E-state index contributed by atoms with van der Waals surface area (Å²) in [6.07, 6.45) is 6.01. The van der Waals surface area contributed by atoms with Crippen LogP contribution < -0.4 is 9.64 Å². The maximum Gasteiger partial charge on any atom is 0.257 e. The third kappa shape index (κ3) is 3.58. The quantitative estimate of drug-likeness (QED) is 0.790. The zero-order chi connectivity index (χ0) is 16.1. The summed E-state index contributed by atoms with van der Waals surface area (Å²) in [6.45, 7) is 2.27. The highest BCUT2D eigenvalue weighted by molar-refractivity contribution is 5.48. The molecule has 0 radical (unpaired) electrons. The highest BCUT2D eigenvalue weighted by Gasteiger charge is 2.28. The fourth-order valence-electron chi connectivity index (χ4n) is 2.78. The second-order valence-corrected chi connectivity index (χ2v) is 5.47. The zero-order valence-electron chi connectivity index (χ0n) is 13.4. The number of rotatable bonds is 6. The van der Waals surface area contributed by atoms with E-state index in [9.17, 15) is 0 Å². The minimum absolute atomic E-state index is 0.194. The number of methoxy groups -OCH3 is 2. The van der Waals surface area contributed by atoms with Gasteiger partial charge in [0, 0.05) is 39.0 Å². The van der Waals surface area contributed by atoms with Crippen molar-refractivity contribution in [3.63, 3.8) is 0 Å². The Hall–Kier alpha value is -2.22. The van der Waals surface area contributed by atoms with Crippen LogP contribution in [-0.2, 0) is 11.2 Å². The molecule has 3 rings (SSSR count). The Bertz CT molecular complexity index is 633. The molecule has 0 spiro atoms. The zero-order valence-corrected chi connectivity index (χ0v) is 13.4. The van der Waals surface area contributed by atoms with Crippen LogP contribution in [0.5, 0.6) is 5.88 Å². The molecular formula is C15H21N5O3. The van der Waals surface area contributed by atoms with Gasteiger partial charge in [-0.05, 0) is 12.8 Å². The number of ether oxygens (including phenoxy) is 2. The van der Waals surface area contributed by atoms with Crippen LogP contribution in [0.25, 0.3) is 0 Å². The van der Waals surface area contributed by atoms with Gasteiger partial charge in [0.05, 0.1) is 19.6 Å². The van der Waals surface area contributed by atoms with Crippen molar-refractivity contribution in [1.82, 2.24) is 20.1 Å². The summed E-state index contributed by atoms with van der Waals surface area (Å²) >= 11 is 0.